The molecule has 0 aliphatic heterocycles. The van der Waals surface area contributed by atoms with E-state index in [9.17, 15) is 0 Å². The van der Waals surface area contributed by atoms with Crippen LogP contribution in [0.1, 0.15) is 40.5 Å². The minimum absolute atomic E-state index is 0.761. The molecule has 0 aromatic rings. The minimum atomic E-state index is -1.35. The monoisotopic (exact) mass is 199 g/mol. The molecule has 1 N–H and O–H groups in total. The smallest absolute Gasteiger partial charge is 0.152 e. The van der Waals surface area contributed by atoms with Crippen LogP contribution < -0.4 is 4.98 Å². The first kappa shape index (κ1) is 12.9. The Balaban J connectivity index is 4.35. The Kier molecular flexibility index (Phi) is 6.34. The zero-order chi connectivity index (χ0) is 10.3. The molecule has 13 heavy (non-hydrogen) atoms. The van der Waals surface area contributed by atoms with Crippen molar-refractivity contribution in [2.75, 3.05) is 6.54 Å². The Morgan fingerprint density at radius 2 is 2.00 bits per heavy atom. The molecule has 0 spiro atoms. The summed E-state index contributed by atoms with van der Waals surface area (Å²) in [4.78, 5) is 3.70. The van der Waals surface area contributed by atoms with E-state index >= 15 is 0 Å². The van der Waals surface area contributed by atoms with Crippen molar-refractivity contribution in [3.63, 3.8) is 0 Å². The summed E-state index contributed by atoms with van der Waals surface area (Å²) in [6.07, 6.45) is 2.63. The maximum atomic E-state index is 4.03. The van der Waals surface area contributed by atoms with Gasteiger partial charge in [-0.1, -0.05) is 46.2 Å². The first-order valence-corrected chi connectivity index (χ1v) is 7.87. The quantitative estimate of drug-likeness (QED) is 0.619. The predicted octanol–water partition coefficient (Wildman–Crippen LogP) is 3.48. The fourth-order valence-electron chi connectivity index (χ4n) is 1.79. The summed E-state index contributed by atoms with van der Waals surface area (Å²) >= 11 is 0. The van der Waals surface area contributed by atoms with E-state index in [-0.39, 0.29) is 0 Å². The molecule has 1 unspecified atom stereocenters. The van der Waals surface area contributed by atoms with Crippen molar-refractivity contribution < 1.29 is 0 Å². The van der Waals surface area contributed by atoms with Gasteiger partial charge in [0.25, 0.3) is 0 Å². The molecule has 0 aliphatic carbocycles. The molecular weight excluding hydrogens is 174 g/mol. The summed E-state index contributed by atoms with van der Waals surface area (Å²) in [7, 11) is -1.35. The highest BCUT2D eigenvalue weighted by atomic mass is 28.3. The van der Waals surface area contributed by atoms with Gasteiger partial charge in [-0.05, 0) is 18.1 Å². The Morgan fingerprint density at radius 3 is 2.31 bits per heavy atom. The minimum Gasteiger partial charge on any atom is -0.334 e. The van der Waals surface area contributed by atoms with E-state index in [1.165, 1.54) is 18.9 Å². The molecule has 0 aromatic heterocycles. The van der Waals surface area contributed by atoms with Crippen LogP contribution in [0.4, 0.5) is 0 Å². The first-order valence-electron chi connectivity index (χ1n) is 5.51. The summed E-state index contributed by atoms with van der Waals surface area (Å²) in [5, 5.41) is 0. The molecule has 1 atom stereocenters. The van der Waals surface area contributed by atoms with Crippen LogP contribution in [-0.2, 0) is 0 Å². The maximum Gasteiger partial charge on any atom is 0.152 e. The van der Waals surface area contributed by atoms with Gasteiger partial charge in [-0.3, -0.25) is 0 Å². The van der Waals surface area contributed by atoms with Crippen molar-refractivity contribution in [1.82, 2.24) is 4.98 Å². The first-order chi connectivity index (χ1) is 6.13. The van der Waals surface area contributed by atoms with Crippen molar-refractivity contribution in [2.45, 2.75) is 52.1 Å². The molecular formula is C11H25NSi. The molecule has 0 aliphatic rings. The van der Waals surface area contributed by atoms with Crippen molar-refractivity contribution >= 4 is 8.24 Å². The van der Waals surface area contributed by atoms with E-state index in [4.69, 9.17) is 0 Å². The second-order valence-electron chi connectivity index (χ2n) is 4.03. The van der Waals surface area contributed by atoms with Gasteiger partial charge in [0.2, 0.25) is 0 Å². The van der Waals surface area contributed by atoms with E-state index in [0.717, 1.165) is 12.1 Å². The van der Waals surface area contributed by atoms with Crippen LogP contribution in [0, 0.1) is 0 Å². The van der Waals surface area contributed by atoms with Gasteiger partial charge in [0.1, 0.15) is 0 Å². The van der Waals surface area contributed by atoms with E-state index in [1.54, 1.807) is 0 Å². The third-order valence-corrected chi connectivity index (χ3v) is 7.83. The Labute approximate surface area is 84.7 Å². The van der Waals surface area contributed by atoms with Gasteiger partial charge in [-0.15, -0.1) is 6.58 Å². The Morgan fingerprint density at radius 1 is 1.38 bits per heavy atom. The fourth-order valence-corrected chi connectivity index (χ4v) is 5.37. The molecule has 78 valence electrons. The topological polar surface area (TPSA) is 12.0 Å². The second-order valence-corrected chi connectivity index (χ2v) is 8.53. The largest absolute Gasteiger partial charge is 0.334 e. The number of nitrogens with one attached hydrogen (secondary N) is 1. The van der Waals surface area contributed by atoms with Crippen LogP contribution in [0.2, 0.25) is 11.6 Å². The lowest BCUT2D eigenvalue weighted by molar-refractivity contribution is 0.805. The fraction of sp³-hybridized carbons (Fsp3) is 0.818. The molecule has 2 heteroatoms. The third kappa shape index (κ3) is 3.65. The number of rotatable bonds is 7. The summed E-state index contributed by atoms with van der Waals surface area (Å²) in [6, 6.07) is 1.35. The zero-order valence-corrected chi connectivity index (χ0v) is 10.7. The molecule has 0 amide bonds. The van der Waals surface area contributed by atoms with Crippen molar-refractivity contribution in [3.8, 4) is 0 Å². The van der Waals surface area contributed by atoms with Gasteiger partial charge in [0.15, 0.2) is 8.24 Å². The van der Waals surface area contributed by atoms with Crippen molar-refractivity contribution in [2.24, 2.45) is 0 Å². The van der Waals surface area contributed by atoms with Crippen molar-refractivity contribution in [1.29, 1.82) is 0 Å². The van der Waals surface area contributed by atoms with E-state index < -0.39 is 8.24 Å². The molecule has 0 saturated carbocycles. The summed E-state index contributed by atoms with van der Waals surface area (Å²) in [6.45, 7) is 14.2. The van der Waals surface area contributed by atoms with Gasteiger partial charge < -0.3 is 4.98 Å². The number of unbranched alkanes of at least 4 members (excludes halogenated alkanes) is 1. The number of hydrogen-bond donors (Lipinski definition) is 1. The molecule has 0 saturated heterocycles. The van der Waals surface area contributed by atoms with Crippen molar-refractivity contribution in [3.05, 3.63) is 12.3 Å². The molecule has 0 aromatic carbocycles. The average Bonchev–Trinajstić information content (AvgIpc) is 2.12. The van der Waals surface area contributed by atoms with Crippen LogP contribution in [0.25, 0.3) is 0 Å². The molecule has 0 radical (unpaired) electrons. The number of hydrogen-bond acceptors (Lipinski definition) is 1. The van der Waals surface area contributed by atoms with Gasteiger partial charge in [0, 0.05) is 0 Å². The summed E-state index contributed by atoms with van der Waals surface area (Å²) < 4.78 is 0. The standard InChI is InChI=1S/C11H25NSi/c1-6-9-10-13(8-3,11(4)5)12-7-2/h8,11-12H,3,6-7,9-10H2,1-2,4-5H3. The van der Waals surface area contributed by atoms with Crippen LogP contribution in [-0.4, -0.2) is 14.8 Å². The lowest BCUT2D eigenvalue weighted by Crippen LogP contribution is -2.51. The SMILES string of the molecule is C=C[Si](CCCC)(NCC)C(C)C. The lowest BCUT2D eigenvalue weighted by Gasteiger charge is -2.33. The van der Waals surface area contributed by atoms with E-state index in [2.05, 4.69) is 45.0 Å². The van der Waals surface area contributed by atoms with Gasteiger partial charge in [-0.25, -0.2) is 0 Å². The molecule has 0 heterocycles. The Hall–Kier alpha value is -0.0831. The molecule has 0 bridgehead atoms. The predicted molar refractivity (Wildman–Crippen MR) is 64.4 cm³/mol. The molecule has 0 rings (SSSR count). The van der Waals surface area contributed by atoms with Crippen LogP contribution >= 0.6 is 0 Å². The zero-order valence-electron chi connectivity index (χ0n) is 9.69. The van der Waals surface area contributed by atoms with Crippen LogP contribution in [0.3, 0.4) is 0 Å². The van der Waals surface area contributed by atoms with E-state index in [1.807, 2.05) is 0 Å². The molecule has 1 nitrogen and oxygen atoms in total. The molecule has 0 fully saturated rings. The highest BCUT2D eigenvalue weighted by Crippen LogP contribution is 2.25. The van der Waals surface area contributed by atoms with Crippen LogP contribution in [0.5, 0.6) is 0 Å². The Bertz CT molecular complexity index is 145. The van der Waals surface area contributed by atoms with Gasteiger partial charge in [0.05, 0.1) is 0 Å². The summed E-state index contributed by atoms with van der Waals surface area (Å²) in [5.41, 5.74) is 2.99. The highest BCUT2D eigenvalue weighted by Gasteiger charge is 2.31. The third-order valence-electron chi connectivity index (χ3n) is 2.84. The highest BCUT2D eigenvalue weighted by molar-refractivity contribution is 6.83. The second kappa shape index (κ2) is 6.38. The lowest BCUT2D eigenvalue weighted by atomic mass is 10.4. The van der Waals surface area contributed by atoms with E-state index in [0.29, 0.717) is 0 Å². The summed E-state index contributed by atoms with van der Waals surface area (Å²) in [5.74, 6) is 0. The van der Waals surface area contributed by atoms with Gasteiger partial charge >= 0.3 is 0 Å². The normalized spacial score (nSPS) is 15.8. The van der Waals surface area contributed by atoms with Crippen LogP contribution in [0.15, 0.2) is 12.3 Å². The average molecular weight is 199 g/mol. The van der Waals surface area contributed by atoms with Gasteiger partial charge in [-0.2, -0.15) is 0 Å². The maximum absolute atomic E-state index is 4.03.